The molecule has 2 rings (SSSR count). The van der Waals surface area contributed by atoms with E-state index in [1.807, 2.05) is 14.1 Å². The summed E-state index contributed by atoms with van der Waals surface area (Å²) in [6.07, 6.45) is 4.31. The van der Waals surface area contributed by atoms with E-state index in [0.717, 1.165) is 38.6 Å². The van der Waals surface area contributed by atoms with Gasteiger partial charge in [0.1, 0.15) is 0 Å². The molecule has 4 nitrogen and oxygen atoms in total. The molecule has 1 aliphatic rings. The van der Waals surface area contributed by atoms with Gasteiger partial charge in [-0.1, -0.05) is 30.3 Å². The second-order valence-corrected chi connectivity index (χ2v) is 6.88. The molecule has 1 N–H and O–H groups in total. The van der Waals surface area contributed by atoms with Gasteiger partial charge in [0.2, 0.25) is 5.91 Å². The van der Waals surface area contributed by atoms with E-state index in [1.54, 1.807) is 0 Å². The highest BCUT2D eigenvalue weighted by Crippen LogP contribution is 2.21. The molecule has 0 unspecified atom stereocenters. The molecule has 1 aliphatic heterocycles. The van der Waals surface area contributed by atoms with E-state index in [4.69, 9.17) is 0 Å². The fourth-order valence-electron chi connectivity index (χ4n) is 3.13. The second kappa shape index (κ2) is 9.68. The maximum Gasteiger partial charge on any atom is 0.221 e. The van der Waals surface area contributed by atoms with Gasteiger partial charge in [-0.3, -0.25) is 4.79 Å². The summed E-state index contributed by atoms with van der Waals surface area (Å²) in [6.45, 7) is 4.79. The van der Waals surface area contributed by atoms with Gasteiger partial charge in [0, 0.05) is 26.1 Å². The summed E-state index contributed by atoms with van der Waals surface area (Å²) in [5.41, 5.74) is 1.45. The Bertz CT molecular complexity index is 453. The van der Waals surface area contributed by atoms with Gasteiger partial charge in [-0.15, -0.1) is 0 Å². The van der Waals surface area contributed by atoms with Crippen molar-refractivity contribution in [2.24, 2.45) is 5.92 Å². The van der Waals surface area contributed by atoms with Gasteiger partial charge in [-0.25, -0.2) is 0 Å². The summed E-state index contributed by atoms with van der Waals surface area (Å²) in [5.74, 6) is 0.973. The molecule has 0 saturated carbocycles. The highest BCUT2D eigenvalue weighted by atomic mass is 16.1. The lowest BCUT2D eigenvalue weighted by molar-refractivity contribution is -0.121. The van der Waals surface area contributed by atoms with Crippen LogP contribution in [0.3, 0.4) is 0 Å². The molecule has 1 saturated heterocycles. The van der Waals surface area contributed by atoms with Crippen LogP contribution in [0, 0.1) is 5.92 Å². The van der Waals surface area contributed by atoms with Crippen molar-refractivity contribution in [2.45, 2.75) is 25.7 Å². The van der Waals surface area contributed by atoms with Crippen LogP contribution < -0.4 is 5.32 Å². The van der Waals surface area contributed by atoms with E-state index < -0.39 is 0 Å². The SMILES string of the molecule is CN(C)CCNC(=O)CCN1CCC(Cc2ccccc2)CC1. The minimum absolute atomic E-state index is 0.179. The van der Waals surface area contributed by atoms with Crippen LogP contribution in [-0.2, 0) is 11.2 Å². The van der Waals surface area contributed by atoms with Crippen molar-refractivity contribution in [3.63, 3.8) is 0 Å². The smallest absolute Gasteiger partial charge is 0.221 e. The summed E-state index contributed by atoms with van der Waals surface area (Å²) in [6, 6.07) is 10.8. The minimum atomic E-state index is 0.179. The zero-order chi connectivity index (χ0) is 16.5. The number of benzene rings is 1. The average molecular weight is 317 g/mol. The minimum Gasteiger partial charge on any atom is -0.355 e. The first-order valence-electron chi connectivity index (χ1n) is 8.81. The van der Waals surface area contributed by atoms with Crippen molar-refractivity contribution >= 4 is 5.91 Å². The summed E-state index contributed by atoms with van der Waals surface area (Å²) >= 11 is 0. The van der Waals surface area contributed by atoms with E-state index in [1.165, 1.54) is 24.8 Å². The zero-order valence-electron chi connectivity index (χ0n) is 14.6. The van der Waals surface area contributed by atoms with Crippen LogP contribution in [0.2, 0.25) is 0 Å². The third-order valence-electron chi connectivity index (χ3n) is 4.61. The number of carbonyl (C=O) groups is 1. The van der Waals surface area contributed by atoms with Gasteiger partial charge in [-0.05, 0) is 57.9 Å². The predicted octanol–water partition coefficient (Wildman–Crippen LogP) is 2.01. The van der Waals surface area contributed by atoms with Gasteiger partial charge in [0.05, 0.1) is 0 Å². The normalized spacial score (nSPS) is 16.7. The van der Waals surface area contributed by atoms with Crippen LogP contribution in [-0.4, -0.2) is 62.5 Å². The molecule has 1 amide bonds. The molecule has 1 aromatic carbocycles. The molecule has 23 heavy (non-hydrogen) atoms. The monoisotopic (exact) mass is 317 g/mol. The third-order valence-corrected chi connectivity index (χ3v) is 4.61. The Morgan fingerprint density at radius 1 is 1.22 bits per heavy atom. The number of rotatable bonds is 8. The summed E-state index contributed by atoms with van der Waals surface area (Å²) < 4.78 is 0. The average Bonchev–Trinajstić information content (AvgIpc) is 2.55. The van der Waals surface area contributed by atoms with Gasteiger partial charge in [0.15, 0.2) is 0 Å². The number of nitrogens with zero attached hydrogens (tertiary/aromatic N) is 2. The Kier molecular flexibility index (Phi) is 7.56. The Balaban J connectivity index is 1.58. The summed E-state index contributed by atoms with van der Waals surface area (Å²) in [5, 5.41) is 2.99. The second-order valence-electron chi connectivity index (χ2n) is 6.88. The quantitative estimate of drug-likeness (QED) is 0.797. The summed E-state index contributed by atoms with van der Waals surface area (Å²) in [7, 11) is 4.04. The van der Waals surface area contributed by atoms with Gasteiger partial charge >= 0.3 is 0 Å². The molecule has 0 radical (unpaired) electrons. The molecule has 0 aromatic heterocycles. The molecule has 1 heterocycles. The van der Waals surface area contributed by atoms with Crippen LogP contribution in [0.5, 0.6) is 0 Å². The van der Waals surface area contributed by atoms with Gasteiger partial charge in [-0.2, -0.15) is 0 Å². The summed E-state index contributed by atoms with van der Waals surface area (Å²) in [4.78, 5) is 16.3. The largest absolute Gasteiger partial charge is 0.355 e. The van der Waals surface area contributed by atoms with Crippen molar-refractivity contribution in [2.75, 3.05) is 46.8 Å². The van der Waals surface area contributed by atoms with E-state index in [2.05, 4.69) is 45.4 Å². The molecule has 0 spiro atoms. The third kappa shape index (κ3) is 7.14. The van der Waals surface area contributed by atoms with E-state index in [0.29, 0.717) is 6.42 Å². The number of likely N-dealkylation sites (tertiary alicyclic amines) is 1. The number of nitrogens with one attached hydrogen (secondary N) is 1. The molecule has 0 atom stereocenters. The van der Waals surface area contributed by atoms with Gasteiger partial charge < -0.3 is 15.1 Å². The number of hydrogen-bond acceptors (Lipinski definition) is 3. The number of hydrogen-bond donors (Lipinski definition) is 1. The molecular formula is C19H31N3O. The topological polar surface area (TPSA) is 35.6 Å². The highest BCUT2D eigenvalue weighted by molar-refractivity contribution is 5.76. The van der Waals surface area contributed by atoms with Crippen molar-refractivity contribution in [1.29, 1.82) is 0 Å². The molecular weight excluding hydrogens is 286 g/mol. The lowest BCUT2D eigenvalue weighted by Gasteiger charge is -2.31. The van der Waals surface area contributed by atoms with Crippen molar-refractivity contribution in [3.8, 4) is 0 Å². The fourth-order valence-corrected chi connectivity index (χ4v) is 3.13. The Morgan fingerprint density at radius 3 is 2.57 bits per heavy atom. The molecule has 0 bridgehead atoms. The molecule has 128 valence electrons. The standard InChI is InChI=1S/C19H31N3O/c1-21(2)15-11-20-19(23)10-14-22-12-8-18(9-13-22)16-17-6-4-3-5-7-17/h3-7,18H,8-16H2,1-2H3,(H,20,23). The maximum absolute atomic E-state index is 11.8. The van der Waals surface area contributed by atoms with E-state index >= 15 is 0 Å². The maximum atomic E-state index is 11.8. The lowest BCUT2D eigenvalue weighted by Crippen LogP contribution is -2.38. The van der Waals surface area contributed by atoms with Crippen LogP contribution in [0.4, 0.5) is 0 Å². The molecule has 1 fully saturated rings. The fraction of sp³-hybridized carbons (Fsp3) is 0.632. The highest BCUT2D eigenvalue weighted by Gasteiger charge is 2.19. The van der Waals surface area contributed by atoms with Crippen molar-refractivity contribution in [1.82, 2.24) is 15.1 Å². The zero-order valence-corrected chi connectivity index (χ0v) is 14.6. The van der Waals surface area contributed by atoms with Gasteiger partial charge in [0.25, 0.3) is 0 Å². The lowest BCUT2D eigenvalue weighted by atomic mass is 9.90. The predicted molar refractivity (Wildman–Crippen MR) is 95.5 cm³/mol. The molecule has 4 heteroatoms. The number of piperidine rings is 1. The van der Waals surface area contributed by atoms with Crippen LogP contribution in [0.1, 0.15) is 24.8 Å². The number of likely N-dealkylation sites (N-methyl/N-ethyl adjacent to an activating group) is 1. The molecule has 1 aromatic rings. The van der Waals surface area contributed by atoms with Crippen molar-refractivity contribution in [3.05, 3.63) is 35.9 Å². The van der Waals surface area contributed by atoms with Crippen LogP contribution in [0.25, 0.3) is 0 Å². The number of amides is 1. The number of carbonyl (C=O) groups excluding carboxylic acids is 1. The Morgan fingerprint density at radius 2 is 1.91 bits per heavy atom. The van der Waals surface area contributed by atoms with Crippen LogP contribution in [0.15, 0.2) is 30.3 Å². The first-order chi connectivity index (χ1) is 11.1. The Hall–Kier alpha value is -1.39. The first-order valence-corrected chi connectivity index (χ1v) is 8.81. The van der Waals surface area contributed by atoms with E-state index in [-0.39, 0.29) is 5.91 Å². The first kappa shape index (κ1) is 18.0. The molecule has 0 aliphatic carbocycles. The van der Waals surface area contributed by atoms with Crippen molar-refractivity contribution < 1.29 is 4.79 Å². The van der Waals surface area contributed by atoms with Crippen LogP contribution >= 0.6 is 0 Å². The van der Waals surface area contributed by atoms with E-state index in [9.17, 15) is 4.79 Å². The Labute approximate surface area is 140 Å².